The second-order valence-electron chi connectivity index (χ2n) is 7.17. The lowest BCUT2D eigenvalue weighted by Gasteiger charge is -2.11. The molecule has 0 saturated heterocycles. The van der Waals surface area contributed by atoms with Crippen LogP contribution in [0.3, 0.4) is 0 Å². The summed E-state index contributed by atoms with van der Waals surface area (Å²) >= 11 is 9.79. The van der Waals surface area contributed by atoms with Gasteiger partial charge in [-0.3, -0.25) is 4.79 Å². The number of nitrogens with one attached hydrogen (secondary N) is 1. The summed E-state index contributed by atoms with van der Waals surface area (Å²) in [5, 5.41) is 5.09. The summed E-state index contributed by atoms with van der Waals surface area (Å²) in [7, 11) is 0. The van der Waals surface area contributed by atoms with E-state index >= 15 is 0 Å². The third-order valence-electron chi connectivity index (χ3n) is 4.72. The van der Waals surface area contributed by atoms with Gasteiger partial charge in [-0.25, -0.2) is 9.82 Å². The molecule has 1 amide bonds. The van der Waals surface area contributed by atoms with Crippen LogP contribution >= 0.6 is 27.5 Å². The zero-order valence-corrected chi connectivity index (χ0v) is 20.3. The third-order valence-corrected chi connectivity index (χ3v) is 5.59. The number of benzene rings is 3. The highest BCUT2D eigenvalue weighted by Gasteiger charge is 2.13. The molecule has 0 fully saturated rings. The Hall–Kier alpha value is -3.36. The van der Waals surface area contributed by atoms with Crippen LogP contribution in [-0.4, -0.2) is 18.7 Å². The molecule has 0 bridgehead atoms. The first-order valence-electron chi connectivity index (χ1n) is 10.3. The number of furan rings is 1. The molecule has 1 aromatic heterocycles. The van der Waals surface area contributed by atoms with Crippen molar-refractivity contribution in [3.05, 3.63) is 92.9 Å². The lowest BCUT2D eigenvalue weighted by atomic mass is 10.2. The molecule has 1 N–H and O–H groups in total. The molecule has 4 aromatic rings. The lowest BCUT2D eigenvalue weighted by molar-refractivity contribution is 0.0929. The number of carbonyl (C=O) groups excluding carboxylic acids is 1. The van der Waals surface area contributed by atoms with E-state index in [0.717, 1.165) is 10.9 Å². The Morgan fingerprint density at radius 1 is 1.15 bits per heavy atom. The maximum atomic E-state index is 13.0. The zero-order chi connectivity index (χ0) is 24.1. The number of hydrazone groups is 1. The molecule has 174 valence electrons. The Kier molecular flexibility index (Phi) is 7.49. The van der Waals surface area contributed by atoms with E-state index in [9.17, 15) is 9.18 Å². The summed E-state index contributed by atoms with van der Waals surface area (Å²) in [6, 6.07) is 16.4. The first kappa shape index (κ1) is 23.8. The molecule has 0 radical (unpaired) electrons. The van der Waals surface area contributed by atoms with Gasteiger partial charge in [0.2, 0.25) is 0 Å². The van der Waals surface area contributed by atoms with Gasteiger partial charge in [-0.15, -0.1) is 0 Å². The van der Waals surface area contributed by atoms with Crippen molar-refractivity contribution in [2.75, 3.05) is 6.61 Å². The number of fused-ring (bicyclic) bond motifs is 1. The number of nitrogens with zero attached hydrogens (tertiary/aromatic N) is 1. The monoisotopic (exact) mass is 544 g/mol. The summed E-state index contributed by atoms with van der Waals surface area (Å²) < 4.78 is 30.5. The van der Waals surface area contributed by atoms with Gasteiger partial charge in [0.25, 0.3) is 0 Å². The van der Waals surface area contributed by atoms with E-state index in [1.807, 2.05) is 13.0 Å². The quantitative estimate of drug-likeness (QED) is 0.197. The predicted molar refractivity (Wildman–Crippen MR) is 132 cm³/mol. The molecular formula is C25H19BrClFN2O4. The average molecular weight is 546 g/mol. The van der Waals surface area contributed by atoms with Crippen LogP contribution in [-0.2, 0) is 6.61 Å². The molecule has 34 heavy (non-hydrogen) atoms. The van der Waals surface area contributed by atoms with Gasteiger partial charge in [0.05, 0.1) is 22.3 Å². The number of carbonyl (C=O) groups is 1. The first-order chi connectivity index (χ1) is 16.4. The molecule has 3 aromatic carbocycles. The van der Waals surface area contributed by atoms with Crippen molar-refractivity contribution in [3.63, 3.8) is 0 Å². The van der Waals surface area contributed by atoms with Crippen molar-refractivity contribution in [1.29, 1.82) is 0 Å². The Labute approximate surface area is 208 Å². The van der Waals surface area contributed by atoms with Crippen LogP contribution in [0.5, 0.6) is 11.5 Å². The smallest absolute Gasteiger partial charge is 0.307 e. The molecule has 6 nitrogen and oxygen atoms in total. The van der Waals surface area contributed by atoms with Crippen molar-refractivity contribution in [3.8, 4) is 11.5 Å². The largest absolute Gasteiger partial charge is 0.494 e. The zero-order valence-electron chi connectivity index (χ0n) is 18.0. The van der Waals surface area contributed by atoms with Crippen LogP contribution in [0.4, 0.5) is 4.39 Å². The Morgan fingerprint density at radius 2 is 1.94 bits per heavy atom. The highest BCUT2D eigenvalue weighted by Crippen LogP contribution is 2.34. The minimum absolute atomic E-state index is 0.129. The van der Waals surface area contributed by atoms with Crippen molar-refractivity contribution >= 4 is 50.6 Å². The van der Waals surface area contributed by atoms with Crippen molar-refractivity contribution in [2.24, 2.45) is 5.10 Å². The molecule has 0 aliphatic heterocycles. The van der Waals surface area contributed by atoms with Crippen LogP contribution < -0.4 is 14.9 Å². The van der Waals surface area contributed by atoms with Gasteiger partial charge in [-0.1, -0.05) is 23.7 Å². The maximum Gasteiger partial charge on any atom is 0.307 e. The number of amides is 1. The van der Waals surface area contributed by atoms with Gasteiger partial charge in [-0.2, -0.15) is 5.10 Å². The minimum atomic E-state index is -0.491. The van der Waals surface area contributed by atoms with Crippen LogP contribution in [0.15, 0.2) is 74.7 Å². The van der Waals surface area contributed by atoms with Crippen LogP contribution in [0, 0.1) is 5.82 Å². The first-order valence-corrected chi connectivity index (χ1v) is 11.5. The average Bonchev–Trinajstić information content (AvgIpc) is 3.23. The fourth-order valence-electron chi connectivity index (χ4n) is 3.14. The number of rotatable bonds is 8. The second-order valence-corrected chi connectivity index (χ2v) is 8.43. The highest BCUT2D eigenvalue weighted by atomic mass is 79.9. The molecular weight excluding hydrogens is 527 g/mol. The molecule has 4 rings (SSSR count). The van der Waals surface area contributed by atoms with Crippen molar-refractivity contribution in [1.82, 2.24) is 5.43 Å². The van der Waals surface area contributed by atoms with Gasteiger partial charge in [0.1, 0.15) is 23.8 Å². The molecule has 0 aliphatic rings. The minimum Gasteiger partial charge on any atom is -0.494 e. The van der Waals surface area contributed by atoms with E-state index < -0.39 is 5.91 Å². The molecule has 0 aliphatic carbocycles. The SMILES string of the molecule is CCOc1ccc2oc(C(=O)N/N=C/c3cc(Cl)c(OCc4ccc(F)cc4)c(Br)c3)cc2c1. The summed E-state index contributed by atoms with van der Waals surface area (Å²) in [6.45, 7) is 2.68. The lowest BCUT2D eigenvalue weighted by Crippen LogP contribution is -2.16. The molecule has 0 spiro atoms. The summed E-state index contributed by atoms with van der Waals surface area (Å²) in [5.74, 6) is 0.475. The molecule has 0 saturated carbocycles. The number of ether oxygens (including phenoxy) is 2. The maximum absolute atomic E-state index is 13.0. The topological polar surface area (TPSA) is 73.1 Å². The van der Waals surface area contributed by atoms with Crippen molar-refractivity contribution in [2.45, 2.75) is 13.5 Å². The van der Waals surface area contributed by atoms with E-state index in [4.69, 9.17) is 25.5 Å². The normalized spacial score (nSPS) is 11.2. The Morgan fingerprint density at radius 3 is 2.68 bits per heavy atom. The van der Waals surface area contributed by atoms with E-state index in [2.05, 4.69) is 26.5 Å². The highest BCUT2D eigenvalue weighted by molar-refractivity contribution is 9.10. The van der Waals surface area contributed by atoms with Crippen molar-refractivity contribution < 1.29 is 23.1 Å². The fourth-order valence-corrected chi connectivity index (χ4v) is 4.13. The van der Waals surface area contributed by atoms with Gasteiger partial charge in [0, 0.05) is 5.39 Å². The third kappa shape index (κ3) is 5.76. The number of hydrogen-bond donors (Lipinski definition) is 1. The van der Waals surface area contributed by atoms with Gasteiger partial charge >= 0.3 is 5.91 Å². The van der Waals surface area contributed by atoms with E-state index in [1.54, 1.807) is 42.5 Å². The number of hydrogen-bond acceptors (Lipinski definition) is 5. The fraction of sp³-hybridized carbons (Fsp3) is 0.120. The van der Waals surface area contributed by atoms with E-state index in [-0.39, 0.29) is 18.2 Å². The van der Waals surface area contributed by atoms with Crippen LogP contribution in [0.1, 0.15) is 28.6 Å². The molecule has 0 atom stereocenters. The molecule has 9 heteroatoms. The number of halogens is 3. The predicted octanol–water partition coefficient (Wildman–Crippen LogP) is 6.73. The Bertz CT molecular complexity index is 1330. The van der Waals surface area contributed by atoms with E-state index in [0.29, 0.717) is 38.7 Å². The van der Waals surface area contributed by atoms with Crippen LogP contribution in [0.25, 0.3) is 11.0 Å². The summed E-state index contributed by atoms with van der Waals surface area (Å²) in [4.78, 5) is 12.4. The standard InChI is InChI=1S/C25H19BrClFN2O4/c1-2-32-19-7-8-22-17(11-19)12-23(34-22)25(31)30-29-13-16-9-20(26)24(21(27)10-16)33-14-15-3-5-18(28)6-4-15/h3-13H,2,14H2,1H3,(H,30,31)/b29-13+. The summed E-state index contributed by atoms with van der Waals surface area (Å²) in [6.07, 6.45) is 1.45. The molecule has 1 heterocycles. The summed E-state index contributed by atoms with van der Waals surface area (Å²) in [5.41, 5.74) is 4.45. The second kappa shape index (κ2) is 10.7. The van der Waals surface area contributed by atoms with E-state index in [1.165, 1.54) is 18.3 Å². The molecule has 0 unspecified atom stereocenters. The van der Waals surface area contributed by atoms with Gasteiger partial charge in [-0.05, 0) is 82.5 Å². The van der Waals surface area contributed by atoms with Gasteiger partial charge in [0.15, 0.2) is 11.5 Å². The van der Waals surface area contributed by atoms with Crippen LogP contribution in [0.2, 0.25) is 5.02 Å². The Balaban J connectivity index is 1.39. The van der Waals surface area contributed by atoms with Gasteiger partial charge < -0.3 is 13.9 Å².